The lowest BCUT2D eigenvalue weighted by Crippen LogP contribution is -2.25. The third-order valence-electron chi connectivity index (χ3n) is 4.43. The van der Waals surface area contributed by atoms with Crippen LogP contribution in [0.25, 0.3) is 11.6 Å². The van der Waals surface area contributed by atoms with Gasteiger partial charge in [-0.25, -0.2) is 0 Å². The van der Waals surface area contributed by atoms with Gasteiger partial charge >= 0.3 is 0 Å². The van der Waals surface area contributed by atoms with Gasteiger partial charge in [0.2, 0.25) is 0 Å². The second-order valence-corrected chi connectivity index (χ2v) is 6.30. The molecule has 4 nitrogen and oxygen atoms in total. The maximum atomic E-state index is 13.1. The summed E-state index contributed by atoms with van der Waals surface area (Å²) in [5.74, 6) is 0.766. The zero-order valence-corrected chi connectivity index (χ0v) is 14.3. The minimum Gasteiger partial charge on any atom is -0.456 e. The van der Waals surface area contributed by atoms with Gasteiger partial charge in [-0.3, -0.25) is 9.59 Å². The molecule has 1 aromatic heterocycles. The van der Waals surface area contributed by atoms with E-state index in [4.69, 9.17) is 4.42 Å². The van der Waals surface area contributed by atoms with Crippen LogP contribution in [0.4, 0.5) is 5.69 Å². The summed E-state index contributed by atoms with van der Waals surface area (Å²) in [5.41, 5.74) is 4.51. The average molecular weight is 343 g/mol. The fourth-order valence-electron chi connectivity index (χ4n) is 3.18. The first-order valence-corrected chi connectivity index (χ1v) is 8.39. The van der Waals surface area contributed by atoms with Crippen molar-refractivity contribution in [3.05, 3.63) is 88.9 Å². The lowest BCUT2D eigenvalue weighted by atomic mass is 10.0. The quantitative estimate of drug-likeness (QED) is 0.518. The van der Waals surface area contributed by atoms with Crippen LogP contribution in [0.2, 0.25) is 0 Å². The molecule has 0 N–H and O–H groups in total. The van der Waals surface area contributed by atoms with Gasteiger partial charge in [-0.2, -0.15) is 0 Å². The molecule has 0 fully saturated rings. The third kappa shape index (κ3) is 2.86. The fraction of sp³-hybridized carbons (Fsp3) is 0.0909. The molecule has 0 saturated heterocycles. The zero-order valence-electron chi connectivity index (χ0n) is 14.3. The fourth-order valence-corrected chi connectivity index (χ4v) is 3.18. The van der Waals surface area contributed by atoms with Gasteiger partial charge in [-0.05, 0) is 42.8 Å². The molecular weight excluding hydrogens is 326 g/mol. The molecule has 1 amide bonds. The number of amides is 1. The molecule has 0 atom stereocenters. The molecule has 0 aliphatic carbocycles. The number of fused-ring (bicyclic) bond motifs is 1. The molecule has 2 aromatic carbocycles. The van der Waals surface area contributed by atoms with Crippen molar-refractivity contribution >= 4 is 29.5 Å². The van der Waals surface area contributed by atoms with Crippen molar-refractivity contribution in [1.29, 1.82) is 0 Å². The molecule has 0 bridgehead atoms. The van der Waals surface area contributed by atoms with E-state index >= 15 is 0 Å². The molecule has 0 saturated carbocycles. The second-order valence-electron chi connectivity index (χ2n) is 6.30. The largest absolute Gasteiger partial charge is 0.456 e. The highest BCUT2D eigenvalue weighted by Crippen LogP contribution is 2.39. The molecule has 1 aliphatic rings. The molecule has 1 aliphatic heterocycles. The van der Waals surface area contributed by atoms with Gasteiger partial charge in [0, 0.05) is 11.1 Å². The monoisotopic (exact) mass is 343 g/mol. The van der Waals surface area contributed by atoms with Crippen LogP contribution < -0.4 is 4.90 Å². The Morgan fingerprint density at radius 1 is 1.04 bits per heavy atom. The van der Waals surface area contributed by atoms with Crippen LogP contribution in [0.15, 0.2) is 65.1 Å². The number of aldehydes is 1. The van der Waals surface area contributed by atoms with E-state index < -0.39 is 0 Å². The number of nitrogens with zero attached hydrogens (tertiary/aromatic N) is 1. The number of hydrogen-bond donors (Lipinski definition) is 0. The summed E-state index contributed by atoms with van der Waals surface area (Å²) >= 11 is 0. The van der Waals surface area contributed by atoms with Gasteiger partial charge in [0.25, 0.3) is 5.91 Å². The van der Waals surface area contributed by atoms with Crippen molar-refractivity contribution in [1.82, 2.24) is 0 Å². The molecule has 26 heavy (non-hydrogen) atoms. The smallest absolute Gasteiger partial charge is 0.259 e. The summed E-state index contributed by atoms with van der Waals surface area (Å²) in [4.78, 5) is 25.6. The third-order valence-corrected chi connectivity index (χ3v) is 4.43. The Hall–Kier alpha value is -3.40. The van der Waals surface area contributed by atoms with Crippen molar-refractivity contribution in [2.45, 2.75) is 13.5 Å². The standard InChI is InChI=1S/C22H17NO3/c1-15-7-10-21-19(11-15)20(12-16-5-3-2-4-6-16)22(25)23(21)13-17-8-9-18(14-24)26-17/h2-12,14H,13H2,1H3/b20-12-. The molecule has 128 valence electrons. The molecule has 2 heterocycles. The Kier molecular flexibility index (Phi) is 4.01. The van der Waals surface area contributed by atoms with E-state index in [1.807, 2.05) is 61.5 Å². The molecule has 0 radical (unpaired) electrons. The van der Waals surface area contributed by atoms with Crippen LogP contribution in [-0.2, 0) is 11.3 Å². The Bertz CT molecular complexity index is 1010. The highest BCUT2D eigenvalue weighted by atomic mass is 16.3. The van der Waals surface area contributed by atoms with Gasteiger partial charge in [-0.15, -0.1) is 0 Å². The summed E-state index contributed by atoms with van der Waals surface area (Å²) < 4.78 is 5.45. The first kappa shape index (κ1) is 16.1. The Balaban J connectivity index is 1.76. The number of aryl methyl sites for hydroxylation is 1. The highest BCUT2D eigenvalue weighted by Gasteiger charge is 2.33. The van der Waals surface area contributed by atoms with E-state index in [0.29, 0.717) is 17.6 Å². The van der Waals surface area contributed by atoms with Crippen molar-refractivity contribution < 1.29 is 14.0 Å². The van der Waals surface area contributed by atoms with Crippen LogP contribution in [0, 0.1) is 6.92 Å². The van der Waals surface area contributed by atoms with Crippen LogP contribution in [0.5, 0.6) is 0 Å². The molecular formula is C22H17NO3. The van der Waals surface area contributed by atoms with Gasteiger partial charge in [0.1, 0.15) is 5.76 Å². The van der Waals surface area contributed by atoms with E-state index in [-0.39, 0.29) is 18.2 Å². The summed E-state index contributed by atoms with van der Waals surface area (Å²) in [7, 11) is 0. The second kappa shape index (κ2) is 6.48. The SMILES string of the molecule is Cc1ccc2c(c1)/C(=C/c1ccccc1)C(=O)N2Cc1ccc(C=O)o1. The number of carbonyl (C=O) groups excluding carboxylic acids is 2. The molecule has 0 spiro atoms. The Morgan fingerprint density at radius 2 is 1.85 bits per heavy atom. The van der Waals surface area contributed by atoms with Crippen LogP contribution in [-0.4, -0.2) is 12.2 Å². The predicted octanol–water partition coefficient (Wildman–Crippen LogP) is 4.49. The molecule has 3 aromatic rings. The van der Waals surface area contributed by atoms with Crippen molar-refractivity contribution in [3.8, 4) is 0 Å². The highest BCUT2D eigenvalue weighted by molar-refractivity contribution is 6.35. The number of benzene rings is 2. The van der Waals surface area contributed by atoms with Gasteiger partial charge < -0.3 is 9.32 Å². The number of rotatable bonds is 4. The Labute approximate surface area is 151 Å². The first-order valence-electron chi connectivity index (χ1n) is 8.39. The minimum absolute atomic E-state index is 0.0708. The Morgan fingerprint density at radius 3 is 2.58 bits per heavy atom. The van der Waals surface area contributed by atoms with Crippen molar-refractivity contribution in [2.24, 2.45) is 0 Å². The van der Waals surface area contributed by atoms with E-state index in [1.54, 1.807) is 17.0 Å². The lowest BCUT2D eigenvalue weighted by Gasteiger charge is -2.15. The molecule has 4 rings (SSSR count). The number of carbonyl (C=O) groups is 2. The molecule has 4 heteroatoms. The minimum atomic E-state index is -0.0708. The van der Waals surface area contributed by atoms with Crippen LogP contribution in [0.1, 0.15) is 33.0 Å². The van der Waals surface area contributed by atoms with E-state index in [2.05, 4.69) is 0 Å². The lowest BCUT2D eigenvalue weighted by molar-refractivity contribution is -0.113. The maximum absolute atomic E-state index is 13.1. The zero-order chi connectivity index (χ0) is 18.1. The number of anilines is 1. The van der Waals surface area contributed by atoms with Crippen molar-refractivity contribution in [2.75, 3.05) is 4.90 Å². The topological polar surface area (TPSA) is 50.5 Å². The van der Waals surface area contributed by atoms with Gasteiger partial charge in [-0.1, -0.05) is 42.0 Å². The van der Waals surface area contributed by atoms with E-state index in [9.17, 15) is 9.59 Å². The summed E-state index contributed by atoms with van der Waals surface area (Å²) in [6.45, 7) is 2.30. The van der Waals surface area contributed by atoms with Gasteiger partial charge in [0.15, 0.2) is 12.0 Å². The number of furan rings is 1. The first-order chi connectivity index (χ1) is 12.7. The van der Waals surface area contributed by atoms with Gasteiger partial charge in [0.05, 0.1) is 12.2 Å². The maximum Gasteiger partial charge on any atom is 0.259 e. The summed E-state index contributed by atoms with van der Waals surface area (Å²) in [6.07, 6.45) is 2.58. The van der Waals surface area contributed by atoms with Crippen molar-refractivity contribution in [3.63, 3.8) is 0 Å². The van der Waals surface area contributed by atoms with Crippen LogP contribution in [0.3, 0.4) is 0 Å². The average Bonchev–Trinajstić information content (AvgIpc) is 3.21. The summed E-state index contributed by atoms with van der Waals surface area (Å²) in [5, 5.41) is 0. The normalized spacial score (nSPS) is 14.7. The predicted molar refractivity (Wildman–Crippen MR) is 101 cm³/mol. The molecule has 0 unspecified atom stereocenters. The van der Waals surface area contributed by atoms with E-state index in [0.717, 1.165) is 22.4 Å². The van der Waals surface area contributed by atoms with E-state index in [1.165, 1.54) is 0 Å². The summed E-state index contributed by atoms with van der Waals surface area (Å²) in [6, 6.07) is 19.1. The number of hydrogen-bond acceptors (Lipinski definition) is 3. The van der Waals surface area contributed by atoms with Crippen LogP contribution >= 0.6 is 0 Å².